The Kier molecular flexibility index (Phi) is 7.21. The number of aliphatic hydroxyl groups excluding tert-OH is 1. The first-order chi connectivity index (χ1) is 14.0. The van der Waals surface area contributed by atoms with E-state index in [4.69, 9.17) is 10.5 Å². The first-order valence-corrected chi connectivity index (χ1v) is 9.80. The molecular weight excluding hydrogens is 370 g/mol. The van der Waals surface area contributed by atoms with Crippen molar-refractivity contribution in [3.8, 4) is 5.75 Å². The van der Waals surface area contributed by atoms with E-state index in [1.807, 2.05) is 36.4 Å². The highest BCUT2D eigenvalue weighted by Crippen LogP contribution is 2.14. The van der Waals surface area contributed by atoms with Gasteiger partial charge in [0, 0.05) is 31.7 Å². The maximum Gasteiger partial charge on any atom is 0.251 e. The van der Waals surface area contributed by atoms with Gasteiger partial charge in [-0.2, -0.15) is 0 Å². The lowest BCUT2D eigenvalue weighted by Gasteiger charge is -2.15. The molecule has 0 spiro atoms. The molecule has 7 nitrogen and oxygen atoms in total. The standard InChI is InChI=1S/C22H27N3O4/c23-13-16-1-5-18(6-2-16)22(28)24-14-17-3-7-20(8-4-17)29-12-10-21(27)25-11-9-19(26)15-25/h1-8,19,26H,9-15,23H2,(H,24,28). The van der Waals surface area contributed by atoms with Crippen LogP contribution in [0.25, 0.3) is 0 Å². The van der Waals surface area contributed by atoms with Gasteiger partial charge in [-0.25, -0.2) is 0 Å². The Morgan fingerprint density at radius 3 is 2.41 bits per heavy atom. The second kappa shape index (κ2) is 10.0. The maximum absolute atomic E-state index is 12.2. The molecule has 7 heteroatoms. The molecule has 1 aliphatic rings. The van der Waals surface area contributed by atoms with Gasteiger partial charge in [0.1, 0.15) is 5.75 Å². The molecule has 29 heavy (non-hydrogen) atoms. The number of β-amino-alcohol motifs (C(OH)–C–C–N with tert-alkyl or cyclic N) is 1. The van der Waals surface area contributed by atoms with Crippen molar-refractivity contribution < 1.29 is 19.4 Å². The Labute approximate surface area is 170 Å². The summed E-state index contributed by atoms with van der Waals surface area (Å²) in [6, 6.07) is 14.6. The number of likely N-dealkylation sites (tertiary alicyclic amines) is 1. The van der Waals surface area contributed by atoms with Crippen molar-refractivity contribution in [1.82, 2.24) is 10.2 Å². The fourth-order valence-electron chi connectivity index (χ4n) is 3.16. The summed E-state index contributed by atoms with van der Waals surface area (Å²) in [5.74, 6) is 0.534. The number of benzene rings is 2. The Balaban J connectivity index is 1.40. The van der Waals surface area contributed by atoms with Gasteiger partial charge in [-0.3, -0.25) is 9.59 Å². The molecule has 3 rings (SSSR count). The van der Waals surface area contributed by atoms with Crippen LogP contribution < -0.4 is 15.8 Å². The van der Waals surface area contributed by atoms with Crippen LogP contribution in [0.1, 0.15) is 34.3 Å². The summed E-state index contributed by atoms with van der Waals surface area (Å²) in [7, 11) is 0. The molecule has 1 saturated heterocycles. The molecule has 1 atom stereocenters. The van der Waals surface area contributed by atoms with Crippen LogP contribution in [0.4, 0.5) is 0 Å². The minimum Gasteiger partial charge on any atom is -0.493 e. The van der Waals surface area contributed by atoms with Crippen LogP contribution in [-0.4, -0.2) is 47.6 Å². The molecule has 1 aliphatic heterocycles. The molecule has 0 aliphatic carbocycles. The van der Waals surface area contributed by atoms with Gasteiger partial charge in [-0.1, -0.05) is 24.3 Å². The van der Waals surface area contributed by atoms with Crippen molar-refractivity contribution in [2.45, 2.75) is 32.0 Å². The number of nitrogens with zero attached hydrogens (tertiary/aromatic N) is 1. The molecule has 0 saturated carbocycles. The van der Waals surface area contributed by atoms with E-state index < -0.39 is 6.10 Å². The van der Waals surface area contributed by atoms with E-state index >= 15 is 0 Å². The molecule has 1 heterocycles. The molecule has 0 aromatic heterocycles. The number of hydrogen-bond acceptors (Lipinski definition) is 5. The number of carbonyl (C=O) groups is 2. The van der Waals surface area contributed by atoms with Crippen LogP contribution in [0, 0.1) is 0 Å². The summed E-state index contributed by atoms with van der Waals surface area (Å²) >= 11 is 0. The second-order valence-electron chi connectivity index (χ2n) is 7.11. The van der Waals surface area contributed by atoms with Crippen molar-refractivity contribution in [3.63, 3.8) is 0 Å². The molecule has 154 valence electrons. The molecule has 2 aromatic rings. The van der Waals surface area contributed by atoms with Crippen molar-refractivity contribution >= 4 is 11.8 Å². The van der Waals surface area contributed by atoms with E-state index in [0.717, 1.165) is 11.1 Å². The molecule has 2 aromatic carbocycles. The zero-order valence-electron chi connectivity index (χ0n) is 16.3. The van der Waals surface area contributed by atoms with Gasteiger partial charge >= 0.3 is 0 Å². The van der Waals surface area contributed by atoms with Gasteiger partial charge in [0.2, 0.25) is 5.91 Å². The predicted molar refractivity (Wildman–Crippen MR) is 109 cm³/mol. The smallest absolute Gasteiger partial charge is 0.251 e. The van der Waals surface area contributed by atoms with Crippen molar-refractivity contribution in [2.75, 3.05) is 19.7 Å². The molecule has 0 bridgehead atoms. The quantitative estimate of drug-likeness (QED) is 0.625. The van der Waals surface area contributed by atoms with E-state index in [1.165, 1.54) is 0 Å². The SMILES string of the molecule is NCc1ccc(C(=O)NCc2ccc(OCCC(=O)N3CCC(O)C3)cc2)cc1. The number of ether oxygens (including phenoxy) is 1. The highest BCUT2D eigenvalue weighted by molar-refractivity contribution is 5.94. The third kappa shape index (κ3) is 6.04. The first kappa shape index (κ1) is 20.8. The summed E-state index contributed by atoms with van der Waals surface area (Å²) < 4.78 is 5.63. The largest absolute Gasteiger partial charge is 0.493 e. The second-order valence-corrected chi connectivity index (χ2v) is 7.11. The molecule has 4 N–H and O–H groups in total. The lowest BCUT2D eigenvalue weighted by molar-refractivity contribution is -0.131. The summed E-state index contributed by atoms with van der Waals surface area (Å²) in [5.41, 5.74) is 8.09. The number of rotatable bonds is 8. The average molecular weight is 397 g/mol. The normalized spacial score (nSPS) is 15.9. The number of aliphatic hydroxyl groups is 1. The van der Waals surface area contributed by atoms with Crippen LogP contribution in [0.2, 0.25) is 0 Å². The van der Waals surface area contributed by atoms with Gasteiger partial charge in [0.05, 0.1) is 19.1 Å². The number of amides is 2. The topological polar surface area (TPSA) is 105 Å². The molecule has 1 fully saturated rings. The highest BCUT2D eigenvalue weighted by atomic mass is 16.5. The van der Waals surface area contributed by atoms with E-state index in [9.17, 15) is 14.7 Å². The van der Waals surface area contributed by atoms with Crippen LogP contribution in [0.3, 0.4) is 0 Å². The minimum atomic E-state index is -0.404. The summed E-state index contributed by atoms with van der Waals surface area (Å²) in [5, 5.41) is 12.4. The zero-order valence-corrected chi connectivity index (χ0v) is 16.3. The van der Waals surface area contributed by atoms with Gasteiger partial charge in [-0.05, 0) is 41.8 Å². The minimum absolute atomic E-state index is 0.000350. The fourth-order valence-corrected chi connectivity index (χ4v) is 3.16. The highest BCUT2D eigenvalue weighted by Gasteiger charge is 2.24. The van der Waals surface area contributed by atoms with Crippen molar-refractivity contribution in [1.29, 1.82) is 0 Å². The molecular formula is C22H27N3O4. The Morgan fingerprint density at radius 2 is 1.79 bits per heavy atom. The summed E-state index contributed by atoms with van der Waals surface area (Å²) in [4.78, 5) is 25.9. The summed E-state index contributed by atoms with van der Waals surface area (Å²) in [6.45, 7) is 2.17. The number of hydrogen-bond donors (Lipinski definition) is 3. The van der Waals surface area contributed by atoms with Crippen LogP contribution in [0.15, 0.2) is 48.5 Å². The van der Waals surface area contributed by atoms with Crippen LogP contribution in [0.5, 0.6) is 5.75 Å². The fraction of sp³-hybridized carbons (Fsp3) is 0.364. The Bertz CT molecular complexity index is 821. The number of nitrogens with two attached hydrogens (primary N) is 1. The number of carbonyl (C=O) groups excluding carboxylic acids is 2. The Morgan fingerprint density at radius 1 is 1.10 bits per heavy atom. The van der Waals surface area contributed by atoms with Crippen molar-refractivity contribution in [2.24, 2.45) is 5.73 Å². The van der Waals surface area contributed by atoms with E-state index in [1.54, 1.807) is 17.0 Å². The molecule has 0 radical (unpaired) electrons. The lowest BCUT2D eigenvalue weighted by atomic mass is 10.1. The van der Waals surface area contributed by atoms with Gasteiger partial charge in [-0.15, -0.1) is 0 Å². The van der Waals surface area contributed by atoms with Gasteiger partial charge in [0.25, 0.3) is 5.91 Å². The predicted octanol–water partition coefficient (Wildman–Crippen LogP) is 1.44. The average Bonchev–Trinajstić information content (AvgIpc) is 3.19. The maximum atomic E-state index is 12.2. The lowest BCUT2D eigenvalue weighted by Crippen LogP contribution is -2.30. The van der Waals surface area contributed by atoms with E-state index in [0.29, 0.717) is 50.5 Å². The summed E-state index contributed by atoms with van der Waals surface area (Å²) in [6.07, 6.45) is 0.523. The first-order valence-electron chi connectivity index (χ1n) is 9.80. The van der Waals surface area contributed by atoms with E-state index in [-0.39, 0.29) is 18.2 Å². The van der Waals surface area contributed by atoms with E-state index in [2.05, 4.69) is 5.32 Å². The third-order valence-corrected chi connectivity index (χ3v) is 4.93. The van der Waals surface area contributed by atoms with Gasteiger partial charge < -0.3 is 25.8 Å². The van der Waals surface area contributed by atoms with Gasteiger partial charge in [0.15, 0.2) is 0 Å². The molecule has 1 unspecified atom stereocenters. The van der Waals surface area contributed by atoms with Crippen LogP contribution >= 0.6 is 0 Å². The zero-order chi connectivity index (χ0) is 20.6. The Hall–Kier alpha value is -2.90. The molecule has 2 amide bonds. The number of nitrogens with one attached hydrogen (secondary N) is 1. The monoisotopic (exact) mass is 397 g/mol. The van der Waals surface area contributed by atoms with Crippen LogP contribution in [-0.2, 0) is 17.9 Å². The van der Waals surface area contributed by atoms with Crippen molar-refractivity contribution in [3.05, 3.63) is 65.2 Å². The third-order valence-electron chi connectivity index (χ3n) is 4.93.